The van der Waals surface area contributed by atoms with Gasteiger partial charge in [0.05, 0.1) is 13.7 Å². The molecule has 1 rings (SSSR count). The van der Waals surface area contributed by atoms with Crippen LogP contribution >= 0.6 is 11.6 Å². The zero-order valence-corrected chi connectivity index (χ0v) is 9.00. The van der Waals surface area contributed by atoms with Crippen LogP contribution in [0.4, 0.5) is 5.95 Å². The van der Waals surface area contributed by atoms with Gasteiger partial charge in [0.1, 0.15) is 0 Å². The fourth-order valence-corrected chi connectivity index (χ4v) is 0.902. The number of amides is 1. The van der Waals surface area contributed by atoms with Crippen LogP contribution < -0.4 is 15.4 Å². The first kappa shape index (κ1) is 11.4. The number of hydrogen-bond acceptors (Lipinski definition) is 6. The van der Waals surface area contributed by atoms with Gasteiger partial charge < -0.3 is 15.4 Å². The highest BCUT2D eigenvalue weighted by atomic mass is 35.5. The maximum Gasteiger partial charge on any atom is 0.322 e. The number of aromatic nitrogens is 3. The molecule has 2 N–H and O–H groups in total. The van der Waals surface area contributed by atoms with Crippen molar-refractivity contribution in [3.05, 3.63) is 5.28 Å². The van der Waals surface area contributed by atoms with Crippen LogP contribution in [0.1, 0.15) is 0 Å². The van der Waals surface area contributed by atoms with E-state index in [0.717, 1.165) is 0 Å². The van der Waals surface area contributed by atoms with Crippen molar-refractivity contribution in [3.8, 4) is 6.01 Å². The second kappa shape index (κ2) is 5.30. The van der Waals surface area contributed by atoms with E-state index in [4.69, 9.17) is 16.3 Å². The standard InChI is InChI=1S/C7H10ClN5O2/c1-9-4(14)3-10-6-11-5(8)12-7(13-6)15-2/h3H2,1-2H3,(H,9,14)(H,10,11,12,13). The average Bonchev–Trinajstić information content (AvgIpc) is 2.25. The van der Waals surface area contributed by atoms with Crippen LogP contribution in [0.3, 0.4) is 0 Å². The summed E-state index contributed by atoms with van der Waals surface area (Å²) in [5, 5.41) is 5.11. The van der Waals surface area contributed by atoms with E-state index >= 15 is 0 Å². The number of hydrogen-bond donors (Lipinski definition) is 2. The quantitative estimate of drug-likeness (QED) is 0.739. The van der Waals surface area contributed by atoms with Gasteiger partial charge in [0.2, 0.25) is 17.1 Å². The molecule has 0 radical (unpaired) electrons. The van der Waals surface area contributed by atoms with Crippen molar-refractivity contribution in [1.82, 2.24) is 20.3 Å². The van der Waals surface area contributed by atoms with Gasteiger partial charge in [-0.2, -0.15) is 15.0 Å². The summed E-state index contributed by atoms with van der Waals surface area (Å²) in [6.45, 7) is 0.0556. The fraction of sp³-hybridized carbons (Fsp3) is 0.429. The first-order valence-electron chi connectivity index (χ1n) is 4.05. The summed E-state index contributed by atoms with van der Waals surface area (Å²) in [4.78, 5) is 22.2. The fourth-order valence-electron chi connectivity index (χ4n) is 0.750. The Morgan fingerprint density at radius 3 is 2.80 bits per heavy atom. The van der Waals surface area contributed by atoms with Crippen LogP contribution in [-0.2, 0) is 4.79 Å². The molecule has 0 saturated carbocycles. The van der Waals surface area contributed by atoms with E-state index in [1.807, 2.05) is 0 Å². The molecule has 8 heteroatoms. The molecule has 0 aliphatic rings. The molecule has 0 spiro atoms. The molecule has 0 aromatic carbocycles. The molecular formula is C7H10ClN5O2. The van der Waals surface area contributed by atoms with Gasteiger partial charge in [-0.25, -0.2) is 0 Å². The van der Waals surface area contributed by atoms with Crippen LogP contribution in [0.15, 0.2) is 0 Å². The topological polar surface area (TPSA) is 89.0 Å². The second-order valence-corrected chi connectivity index (χ2v) is 2.78. The number of carbonyl (C=O) groups excluding carboxylic acids is 1. The van der Waals surface area contributed by atoms with Crippen LogP contribution in [0.25, 0.3) is 0 Å². The maximum absolute atomic E-state index is 10.9. The minimum atomic E-state index is -0.189. The molecule has 0 atom stereocenters. The molecule has 0 aliphatic heterocycles. The van der Waals surface area contributed by atoms with Crippen molar-refractivity contribution in [3.63, 3.8) is 0 Å². The molecule has 1 aromatic rings. The van der Waals surface area contributed by atoms with E-state index in [9.17, 15) is 4.79 Å². The highest BCUT2D eigenvalue weighted by Gasteiger charge is 2.05. The Hall–Kier alpha value is -1.63. The first-order chi connectivity index (χ1) is 7.15. The molecule has 0 saturated heterocycles. The van der Waals surface area contributed by atoms with E-state index in [1.54, 1.807) is 0 Å². The van der Waals surface area contributed by atoms with Gasteiger partial charge >= 0.3 is 6.01 Å². The highest BCUT2D eigenvalue weighted by Crippen LogP contribution is 2.10. The van der Waals surface area contributed by atoms with Crippen molar-refractivity contribution in [2.75, 3.05) is 26.0 Å². The molecular weight excluding hydrogens is 222 g/mol. The average molecular weight is 232 g/mol. The summed E-state index contributed by atoms with van der Waals surface area (Å²) >= 11 is 5.60. The van der Waals surface area contributed by atoms with Crippen molar-refractivity contribution in [1.29, 1.82) is 0 Å². The number of nitrogens with zero attached hydrogens (tertiary/aromatic N) is 3. The van der Waals surface area contributed by atoms with Gasteiger partial charge in [0.15, 0.2) is 0 Å². The number of carbonyl (C=O) groups is 1. The van der Waals surface area contributed by atoms with Gasteiger partial charge in [-0.15, -0.1) is 0 Å². The molecule has 1 heterocycles. The zero-order valence-electron chi connectivity index (χ0n) is 8.24. The number of methoxy groups -OCH3 is 1. The summed E-state index contributed by atoms with van der Waals surface area (Å²) in [5.74, 6) is 0.000881. The second-order valence-electron chi connectivity index (χ2n) is 2.44. The minimum absolute atomic E-state index is 0.00116. The van der Waals surface area contributed by atoms with Crippen LogP contribution in [0.5, 0.6) is 6.01 Å². The van der Waals surface area contributed by atoms with Crippen LogP contribution in [0.2, 0.25) is 5.28 Å². The van der Waals surface area contributed by atoms with Crippen LogP contribution in [0, 0.1) is 0 Å². The predicted molar refractivity (Wildman–Crippen MR) is 53.9 cm³/mol. The Labute approximate surface area is 91.2 Å². The van der Waals surface area contributed by atoms with Gasteiger partial charge in [-0.1, -0.05) is 0 Å². The van der Waals surface area contributed by atoms with E-state index in [1.165, 1.54) is 14.2 Å². The minimum Gasteiger partial charge on any atom is -0.467 e. The molecule has 1 amide bonds. The number of nitrogens with one attached hydrogen (secondary N) is 2. The summed E-state index contributed by atoms with van der Waals surface area (Å²) in [6.07, 6.45) is 0. The van der Waals surface area contributed by atoms with E-state index < -0.39 is 0 Å². The summed E-state index contributed by atoms with van der Waals surface area (Å²) in [6, 6.07) is 0.0920. The lowest BCUT2D eigenvalue weighted by Gasteiger charge is -2.04. The molecule has 82 valence electrons. The summed E-state index contributed by atoms with van der Waals surface area (Å²) in [5.41, 5.74) is 0. The van der Waals surface area contributed by atoms with Gasteiger partial charge in [-0.05, 0) is 11.6 Å². The van der Waals surface area contributed by atoms with Gasteiger partial charge in [0, 0.05) is 7.05 Å². The normalized spacial score (nSPS) is 9.53. The number of anilines is 1. The molecule has 0 fully saturated rings. The Bertz CT molecular complexity index is 359. The van der Waals surface area contributed by atoms with E-state index in [0.29, 0.717) is 0 Å². The predicted octanol–water partition coefficient (Wildman–Crippen LogP) is -0.309. The lowest BCUT2D eigenvalue weighted by molar-refractivity contribution is -0.118. The Morgan fingerprint density at radius 1 is 1.47 bits per heavy atom. The highest BCUT2D eigenvalue weighted by molar-refractivity contribution is 6.28. The molecule has 7 nitrogen and oxygen atoms in total. The largest absolute Gasteiger partial charge is 0.467 e. The van der Waals surface area contributed by atoms with Crippen molar-refractivity contribution in [2.24, 2.45) is 0 Å². The number of rotatable bonds is 4. The SMILES string of the molecule is CNC(=O)CNc1nc(Cl)nc(OC)n1. The number of ether oxygens (including phenoxy) is 1. The van der Waals surface area contributed by atoms with Gasteiger partial charge in [-0.3, -0.25) is 4.79 Å². The Kier molecular flexibility index (Phi) is 4.04. The molecule has 0 aliphatic carbocycles. The lowest BCUT2D eigenvalue weighted by Crippen LogP contribution is -2.26. The van der Waals surface area contributed by atoms with Gasteiger partial charge in [0.25, 0.3) is 0 Å². The Balaban J connectivity index is 2.68. The molecule has 1 aromatic heterocycles. The lowest BCUT2D eigenvalue weighted by atomic mass is 10.6. The van der Waals surface area contributed by atoms with Crippen LogP contribution in [-0.4, -0.2) is 41.6 Å². The van der Waals surface area contributed by atoms with Crippen molar-refractivity contribution >= 4 is 23.5 Å². The summed E-state index contributed by atoms with van der Waals surface area (Å²) in [7, 11) is 2.94. The molecule has 0 unspecified atom stereocenters. The number of halogens is 1. The third kappa shape index (κ3) is 3.55. The number of likely N-dealkylation sites (N-methyl/N-ethyl adjacent to an activating group) is 1. The third-order valence-corrected chi connectivity index (χ3v) is 1.63. The van der Waals surface area contributed by atoms with E-state index in [2.05, 4.69) is 25.6 Å². The monoisotopic (exact) mass is 231 g/mol. The smallest absolute Gasteiger partial charge is 0.322 e. The van der Waals surface area contributed by atoms with Crippen molar-refractivity contribution in [2.45, 2.75) is 0 Å². The maximum atomic E-state index is 10.9. The first-order valence-corrected chi connectivity index (χ1v) is 4.43. The van der Waals surface area contributed by atoms with Crippen molar-refractivity contribution < 1.29 is 9.53 Å². The Morgan fingerprint density at radius 2 is 2.20 bits per heavy atom. The van der Waals surface area contributed by atoms with E-state index in [-0.39, 0.29) is 29.7 Å². The molecule has 0 bridgehead atoms. The molecule has 15 heavy (non-hydrogen) atoms. The zero-order chi connectivity index (χ0) is 11.3. The third-order valence-electron chi connectivity index (χ3n) is 1.46. The summed E-state index contributed by atoms with van der Waals surface area (Å²) < 4.78 is 4.78.